The molecular weight excluding hydrogens is 367 g/mol. The van der Waals surface area contributed by atoms with Crippen molar-refractivity contribution in [2.24, 2.45) is 0 Å². The van der Waals surface area contributed by atoms with Gasteiger partial charge in [-0.05, 0) is 57.2 Å². The smallest absolute Gasteiger partial charge is 0.296 e. The molecule has 1 N–H and O–H groups in total. The molecule has 0 atom stereocenters. The van der Waals surface area contributed by atoms with Crippen LogP contribution in [0.4, 0.5) is 10.1 Å². The molecule has 1 amide bonds. The van der Waals surface area contributed by atoms with Crippen LogP contribution in [0.25, 0.3) is 5.69 Å². The molecule has 4 nitrogen and oxygen atoms in total. The fourth-order valence-electron chi connectivity index (χ4n) is 3.05. The second kappa shape index (κ2) is 7.37. The standard InChI is InChI=1S/C21H18ClFN2O2/c1-12-10-17(14(3)25(12)16-7-4-6-15(22)11-16)20(26)21(27)24-19-9-5-8-18(23)13(19)2/h4-11H,1-3H3,(H,24,27). The molecule has 3 aromatic rings. The van der Waals surface area contributed by atoms with E-state index in [0.717, 1.165) is 11.4 Å². The molecule has 6 heteroatoms. The molecule has 0 fully saturated rings. The molecule has 0 bridgehead atoms. The summed E-state index contributed by atoms with van der Waals surface area (Å²) in [5.41, 5.74) is 3.08. The third-order valence-electron chi connectivity index (χ3n) is 4.46. The first-order chi connectivity index (χ1) is 12.8. The van der Waals surface area contributed by atoms with Crippen LogP contribution in [-0.2, 0) is 4.79 Å². The number of halogens is 2. The number of hydrogen-bond donors (Lipinski definition) is 1. The van der Waals surface area contributed by atoms with E-state index < -0.39 is 17.5 Å². The number of amides is 1. The first kappa shape index (κ1) is 18.9. The minimum absolute atomic E-state index is 0.275. The number of hydrogen-bond acceptors (Lipinski definition) is 2. The Morgan fingerprint density at radius 1 is 1.04 bits per heavy atom. The Hall–Kier alpha value is -2.92. The molecular formula is C21H18ClFN2O2. The Labute approximate surface area is 161 Å². The summed E-state index contributed by atoms with van der Waals surface area (Å²) in [6, 6.07) is 13.2. The van der Waals surface area contributed by atoms with Crippen molar-refractivity contribution in [2.75, 3.05) is 5.32 Å². The largest absolute Gasteiger partial charge is 0.319 e. The number of nitrogens with one attached hydrogen (secondary N) is 1. The van der Waals surface area contributed by atoms with Gasteiger partial charge in [-0.25, -0.2) is 4.39 Å². The summed E-state index contributed by atoms with van der Waals surface area (Å²) in [7, 11) is 0. The van der Waals surface area contributed by atoms with Crippen molar-refractivity contribution in [2.45, 2.75) is 20.8 Å². The average molecular weight is 385 g/mol. The number of ketones is 1. The minimum atomic E-state index is -0.810. The van der Waals surface area contributed by atoms with Gasteiger partial charge in [-0.2, -0.15) is 0 Å². The molecule has 0 unspecified atom stereocenters. The Balaban J connectivity index is 1.92. The predicted octanol–water partition coefficient (Wildman–Crippen LogP) is 5.02. The topological polar surface area (TPSA) is 51.1 Å². The maximum Gasteiger partial charge on any atom is 0.296 e. The number of carbonyl (C=O) groups excluding carboxylic acids is 2. The molecule has 2 aromatic carbocycles. The summed E-state index contributed by atoms with van der Waals surface area (Å²) >= 11 is 6.06. The lowest BCUT2D eigenvalue weighted by atomic mass is 10.1. The third kappa shape index (κ3) is 3.64. The highest BCUT2D eigenvalue weighted by atomic mass is 35.5. The van der Waals surface area contributed by atoms with Crippen LogP contribution in [0, 0.1) is 26.6 Å². The molecule has 0 radical (unpaired) electrons. The van der Waals surface area contributed by atoms with Crippen LogP contribution in [0.5, 0.6) is 0 Å². The second-order valence-electron chi connectivity index (χ2n) is 6.30. The number of benzene rings is 2. The fraction of sp³-hybridized carbons (Fsp3) is 0.143. The van der Waals surface area contributed by atoms with Gasteiger partial charge in [0.05, 0.1) is 0 Å². The number of aryl methyl sites for hydroxylation is 1. The number of nitrogens with zero attached hydrogens (tertiary/aromatic N) is 1. The Bertz CT molecular complexity index is 1060. The van der Waals surface area contributed by atoms with Crippen molar-refractivity contribution in [3.05, 3.63) is 81.9 Å². The number of aromatic nitrogens is 1. The van der Waals surface area contributed by atoms with E-state index in [1.54, 1.807) is 38.1 Å². The summed E-state index contributed by atoms with van der Waals surface area (Å²) in [6.45, 7) is 5.15. The SMILES string of the molecule is Cc1c(F)cccc1NC(=O)C(=O)c1cc(C)n(-c2cccc(Cl)c2)c1C. The zero-order valence-corrected chi connectivity index (χ0v) is 15.9. The highest BCUT2D eigenvalue weighted by Gasteiger charge is 2.23. The third-order valence-corrected chi connectivity index (χ3v) is 4.70. The molecule has 27 heavy (non-hydrogen) atoms. The van der Waals surface area contributed by atoms with Gasteiger partial charge in [-0.1, -0.05) is 23.7 Å². The van der Waals surface area contributed by atoms with Crippen LogP contribution in [0.1, 0.15) is 27.3 Å². The normalized spacial score (nSPS) is 10.7. The monoisotopic (exact) mass is 384 g/mol. The molecule has 0 aliphatic carbocycles. The molecule has 1 aromatic heterocycles. The summed E-state index contributed by atoms with van der Waals surface area (Å²) in [4.78, 5) is 25.1. The molecule has 0 aliphatic rings. The van der Waals surface area contributed by atoms with Crippen LogP contribution in [-0.4, -0.2) is 16.3 Å². The van der Waals surface area contributed by atoms with Crippen LogP contribution >= 0.6 is 11.6 Å². The minimum Gasteiger partial charge on any atom is -0.319 e. The lowest BCUT2D eigenvalue weighted by molar-refractivity contribution is -0.112. The molecule has 0 aliphatic heterocycles. The van der Waals surface area contributed by atoms with Gasteiger partial charge in [0.1, 0.15) is 5.82 Å². The van der Waals surface area contributed by atoms with Crippen molar-refractivity contribution >= 4 is 29.0 Å². The summed E-state index contributed by atoms with van der Waals surface area (Å²) in [5.74, 6) is -1.94. The molecule has 1 heterocycles. The molecule has 3 rings (SSSR count). The molecule has 0 saturated heterocycles. The van der Waals surface area contributed by atoms with Gasteiger partial charge >= 0.3 is 0 Å². The van der Waals surface area contributed by atoms with E-state index in [4.69, 9.17) is 11.6 Å². The van der Waals surface area contributed by atoms with E-state index in [-0.39, 0.29) is 11.3 Å². The maximum absolute atomic E-state index is 13.6. The van der Waals surface area contributed by atoms with Crippen molar-refractivity contribution in [1.82, 2.24) is 4.57 Å². The lowest BCUT2D eigenvalue weighted by Gasteiger charge is -2.11. The van der Waals surface area contributed by atoms with Crippen LogP contribution < -0.4 is 5.32 Å². The highest BCUT2D eigenvalue weighted by Crippen LogP contribution is 2.24. The molecule has 0 saturated carbocycles. The lowest BCUT2D eigenvalue weighted by Crippen LogP contribution is -2.24. The maximum atomic E-state index is 13.6. The van der Waals surface area contributed by atoms with Crippen LogP contribution in [0.15, 0.2) is 48.5 Å². The van der Waals surface area contributed by atoms with Gasteiger partial charge in [0.2, 0.25) is 0 Å². The fourth-order valence-corrected chi connectivity index (χ4v) is 3.23. The first-order valence-corrected chi connectivity index (χ1v) is 8.73. The summed E-state index contributed by atoms with van der Waals surface area (Å²) < 4.78 is 15.5. The Morgan fingerprint density at radius 2 is 1.74 bits per heavy atom. The zero-order chi connectivity index (χ0) is 19.7. The highest BCUT2D eigenvalue weighted by molar-refractivity contribution is 6.46. The molecule has 0 spiro atoms. The number of carbonyl (C=O) groups is 2. The first-order valence-electron chi connectivity index (χ1n) is 8.35. The van der Waals surface area contributed by atoms with Crippen LogP contribution in [0.2, 0.25) is 5.02 Å². The Morgan fingerprint density at radius 3 is 2.44 bits per heavy atom. The van der Waals surface area contributed by atoms with E-state index in [1.165, 1.54) is 12.1 Å². The van der Waals surface area contributed by atoms with Gasteiger partial charge in [0.15, 0.2) is 0 Å². The summed E-state index contributed by atoms with van der Waals surface area (Å²) in [5, 5.41) is 3.07. The van der Waals surface area contributed by atoms with Crippen molar-refractivity contribution in [3.8, 4) is 5.69 Å². The van der Waals surface area contributed by atoms with E-state index in [0.29, 0.717) is 16.3 Å². The van der Waals surface area contributed by atoms with E-state index >= 15 is 0 Å². The van der Waals surface area contributed by atoms with E-state index in [1.807, 2.05) is 23.6 Å². The average Bonchev–Trinajstić information content (AvgIpc) is 2.92. The van der Waals surface area contributed by atoms with Gasteiger partial charge in [-0.3, -0.25) is 9.59 Å². The van der Waals surface area contributed by atoms with Crippen molar-refractivity contribution in [3.63, 3.8) is 0 Å². The van der Waals surface area contributed by atoms with Crippen LogP contribution in [0.3, 0.4) is 0 Å². The number of Topliss-reactive ketones (excluding diaryl/α,β-unsaturated/α-hetero) is 1. The van der Waals surface area contributed by atoms with Gasteiger partial charge in [0, 0.05) is 38.9 Å². The van der Waals surface area contributed by atoms with Gasteiger partial charge < -0.3 is 9.88 Å². The summed E-state index contributed by atoms with van der Waals surface area (Å²) in [6.07, 6.45) is 0. The van der Waals surface area contributed by atoms with Crippen molar-refractivity contribution in [1.29, 1.82) is 0 Å². The number of rotatable bonds is 4. The van der Waals surface area contributed by atoms with E-state index in [2.05, 4.69) is 5.32 Å². The van der Waals surface area contributed by atoms with Gasteiger partial charge in [-0.15, -0.1) is 0 Å². The molecule has 138 valence electrons. The van der Waals surface area contributed by atoms with E-state index in [9.17, 15) is 14.0 Å². The quantitative estimate of drug-likeness (QED) is 0.507. The zero-order valence-electron chi connectivity index (χ0n) is 15.1. The van der Waals surface area contributed by atoms with Gasteiger partial charge in [0.25, 0.3) is 11.7 Å². The number of anilines is 1. The Kier molecular flexibility index (Phi) is 5.15. The van der Waals surface area contributed by atoms with Crippen molar-refractivity contribution < 1.29 is 14.0 Å². The second-order valence-corrected chi connectivity index (χ2v) is 6.73. The predicted molar refractivity (Wildman–Crippen MR) is 104 cm³/mol.